The summed E-state index contributed by atoms with van der Waals surface area (Å²) in [6.07, 6.45) is 5.90. The molecule has 0 radical (unpaired) electrons. The highest BCUT2D eigenvalue weighted by Gasteiger charge is 2.24. The molecule has 1 saturated carbocycles. The summed E-state index contributed by atoms with van der Waals surface area (Å²) >= 11 is 0. The van der Waals surface area contributed by atoms with Gasteiger partial charge in [0.1, 0.15) is 0 Å². The van der Waals surface area contributed by atoms with Crippen LogP contribution in [0.2, 0.25) is 0 Å². The molecule has 20 heavy (non-hydrogen) atoms. The van der Waals surface area contributed by atoms with Gasteiger partial charge < -0.3 is 9.84 Å². The summed E-state index contributed by atoms with van der Waals surface area (Å²) < 4.78 is 5.35. The smallest absolute Gasteiger partial charge is 0.240 e. The van der Waals surface area contributed by atoms with Crippen LogP contribution in [0.15, 0.2) is 4.52 Å². The van der Waals surface area contributed by atoms with E-state index in [9.17, 15) is 0 Å². The first-order valence-corrected chi connectivity index (χ1v) is 7.77. The molecule has 0 saturated heterocycles. The summed E-state index contributed by atoms with van der Waals surface area (Å²) in [4.78, 5) is 6.84. The zero-order chi connectivity index (χ0) is 14.5. The molecule has 5 nitrogen and oxygen atoms in total. The lowest BCUT2D eigenvalue weighted by molar-refractivity contribution is 0.153. The van der Waals surface area contributed by atoms with Crippen molar-refractivity contribution >= 4 is 0 Å². The fraction of sp³-hybridized carbons (Fsp3) is 0.867. The highest BCUT2D eigenvalue weighted by atomic mass is 16.5. The van der Waals surface area contributed by atoms with Crippen molar-refractivity contribution in [2.45, 2.75) is 64.6 Å². The molecule has 0 unspecified atom stereocenters. The van der Waals surface area contributed by atoms with Crippen molar-refractivity contribution in [3.05, 3.63) is 11.7 Å². The standard InChI is InChI=1S/C15H28N4O/c1-11(2)9-14-17-15(20-18-14)10-19(4)13-7-5-12(16-3)6-8-13/h11-13,16H,5-10H2,1-4H3. The van der Waals surface area contributed by atoms with E-state index in [1.807, 2.05) is 0 Å². The maximum atomic E-state index is 5.35. The first-order valence-electron chi connectivity index (χ1n) is 7.77. The third-order valence-electron chi connectivity index (χ3n) is 4.21. The Kier molecular flexibility index (Phi) is 5.54. The fourth-order valence-electron chi connectivity index (χ4n) is 2.95. The van der Waals surface area contributed by atoms with Gasteiger partial charge in [-0.15, -0.1) is 0 Å². The molecule has 1 heterocycles. The Hall–Kier alpha value is -0.940. The van der Waals surface area contributed by atoms with Gasteiger partial charge in [-0.25, -0.2) is 0 Å². The third kappa shape index (κ3) is 4.28. The average Bonchev–Trinajstić information content (AvgIpc) is 2.85. The van der Waals surface area contributed by atoms with Crippen molar-refractivity contribution in [3.63, 3.8) is 0 Å². The molecule has 0 bridgehead atoms. The third-order valence-corrected chi connectivity index (χ3v) is 4.21. The number of hydrogen-bond donors (Lipinski definition) is 1. The minimum atomic E-state index is 0.565. The second-order valence-electron chi connectivity index (χ2n) is 6.41. The van der Waals surface area contributed by atoms with Crippen LogP contribution in [0, 0.1) is 5.92 Å². The predicted molar refractivity (Wildman–Crippen MR) is 79.4 cm³/mol. The monoisotopic (exact) mass is 280 g/mol. The van der Waals surface area contributed by atoms with Crippen LogP contribution in [0.3, 0.4) is 0 Å². The van der Waals surface area contributed by atoms with E-state index in [1.165, 1.54) is 25.7 Å². The summed E-state index contributed by atoms with van der Waals surface area (Å²) in [5, 5.41) is 7.43. The van der Waals surface area contributed by atoms with Crippen LogP contribution in [0.25, 0.3) is 0 Å². The van der Waals surface area contributed by atoms with Crippen molar-refractivity contribution in [2.75, 3.05) is 14.1 Å². The molecule has 1 aromatic heterocycles. The lowest BCUT2D eigenvalue weighted by Crippen LogP contribution is -2.39. The Bertz CT molecular complexity index is 396. The van der Waals surface area contributed by atoms with E-state index >= 15 is 0 Å². The molecular formula is C15H28N4O. The highest BCUT2D eigenvalue weighted by Crippen LogP contribution is 2.23. The first-order chi connectivity index (χ1) is 9.58. The molecule has 2 rings (SSSR count). The minimum Gasteiger partial charge on any atom is -0.338 e. The molecule has 1 aromatic rings. The first kappa shape index (κ1) is 15.4. The SMILES string of the molecule is CNC1CCC(N(C)Cc2nc(CC(C)C)no2)CC1. The van der Waals surface area contributed by atoms with Crippen LogP contribution in [0.1, 0.15) is 51.2 Å². The second-order valence-corrected chi connectivity index (χ2v) is 6.41. The molecule has 0 amide bonds. The molecule has 1 N–H and O–H groups in total. The molecule has 5 heteroatoms. The van der Waals surface area contributed by atoms with Gasteiger partial charge >= 0.3 is 0 Å². The molecule has 0 aromatic carbocycles. The number of nitrogens with zero attached hydrogens (tertiary/aromatic N) is 3. The summed E-state index contributed by atoms with van der Waals surface area (Å²) in [6, 6.07) is 1.33. The van der Waals surface area contributed by atoms with Crippen LogP contribution < -0.4 is 5.32 Å². The molecule has 0 aliphatic heterocycles. The maximum absolute atomic E-state index is 5.35. The highest BCUT2D eigenvalue weighted by molar-refractivity contribution is 4.89. The number of nitrogens with one attached hydrogen (secondary N) is 1. The molecule has 1 fully saturated rings. The number of hydrogen-bond acceptors (Lipinski definition) is 5. The van der Waals surface area contributed by atoms with Crippen molar-refractivity contribution in [3.8, 4) is 0 Å². The Morgan fingerprint density at radius 3 is 2.60 bits per heavy atom. The largest absolute Gasteiger partial charge is 0.338 e. The van der Waals surface area contributed by atoms with E-state index in [2.05, 4.69) is 48.3 Å². The molecule has 1 aliphatic carbocycles. The van der Waals surface area contributed by atoms with Crippen LogP contribution in [0.4, 0.5) is 0 Å². The maximum Gasteiger partial charge on any atom is 0.240 e. The number of aromatic nitrogens is 2. The molecule has 1 aliphatic rings. The molecule has 0 spiro atoms. The normalized spacial score (nSPS) is 23.7. The van der Waals surface area contributed by atoms with Crippen LogP contribution >= 0.6 is 0 Å². The van der Waals surface area contributed by atoms with E-state index in [0.717, 1.165) is 24.7 Å². The van der Waals surface area contributed by atoms with Gasteiger partial charge in [0.25, 0.3) is 0 Å². The second kappa shape index (κ2) is 7.18. The summed E-state index contributed by atoms with van der Waals surface area (Å²) in [5.41, 5.74) is 0. The zero-order valence-electron chi connectivity index (χ0n) is 13.2. The molecule has 0 atom stereocenters. The summed E-state index contributed by atoms with van der Waals surface area (Å²) in [6.45, 7) is 5.10. The Labute approximate surface area is 122 Å². The van der Waals surface area contributed by atoms with Gasteiger partial charge in [-0.1, -0.05) is 19.0 Å². The van der Waals surface area contributed by atoms with Crippen LogP contribution in [-0.2, 0) is 13.0 Å². The van der Waals surface area contributed by atoms with E-state index in [-0.39, 0.29) is 0 Å². The molecular weight excluding hydrogens is 252 g/mol. The van der Waals surface area contributed by atoms with E-state index in [0.29, 0.717) is 18.0 Å². The Morgan fingerprint density at radius 1 is 1.30 bits per heavy atom. The van der Waals surface area contributed by atoms with Crippen LogP contribution in [-0.4, -0.2) is 41.2 Å². The fourth-order valence-corrected chi connectivity index (χ4v) is 2.95. The van der Waals surface area contributed by atoms with Crippen molar-refractivity contribution in [1.29, 1.82) is 0 Å². The van der Waals surface area contributed by atoms with Gasteiger partial charge in [0, 0.05) is 18.5 Å². The van der Waals surface area contributed by atoms with E-state index in [1.54, 1.807) is 0 Å². The zero-order valence-corrected chi connectivity index (χ0v) is 13.2. The van der Waals surface area contributed by atoms with Gasteiger partial charge in [-0.2, -0.15) is 4.98 Å². The predicted octanol–water partition coefficient (Wildman–Crippen LogP) is 2.23. The molecule has 114 valence electrons. The minimum absolute atomic E-state index is 0.565. The van der Waals surface area contributed by atoms with E-state index < -0.39 is 0 Å². The van der Waals surface area contributed by atoms with E-state index in [4.69, 9.17) is 4.52 Å². The van der Waals surface area contributed by atoms with Crippen molar-refractivity contribution in [1.82, 2.24) is 20.4 Å². The van der Waals surface area contributed by atoms with Gasteiger partial charge in [-0.05, 0) is 45.7 Å². The van der Waals surface area contributed by atoms with Crippen molar-refractivity contribution in [2.24, 2.45) is 5.92 Å². The average molecular weight is 280 g/mol. The van der Waals surface area contributed by atoms with Gasteiger partial charge in [0.15, 0.2) is 5.82 Å². The summed E-state index contributed by atoms with van der Waals surface area (Å²) in [5.74, 6) is 2.15. The van der Waals surface area contributed by atoms with Gasteiger partial charge in [0.2, 0.25) is 5.89 Å². The van der Waals surface area contributed by atoms with Gasteiger partial charge in [0.05, 0.1) is 6.54 Å². The quantitative estimate of drug-likeness (QED) is 0.866. The Balaban J connectivity index is 1.82. The number of rotatable bonds is 6. The van der Waals surface area contributed by atoms with Crippen LogP contribution in [0.5, 0.6) is 0 Å². The van der Waals surface area contributed by atoms with Gasteiger partial charge in [-0.3, -0.25) is 4.90 Å². The lowest BCUT2D eigenvalue weighted by Gasteiger charge is -2.33. The lowest BCUT2D eigenvalue weighted by atomic mass is 9.90. The summed E-state index contributed by atoms with van der Waals surface area (Å²) in [7, 11) is 4.22. The Morgan fingerprint density at radius 2 is 2.00 bits per heavy atom. The van der Waals surface area contributed by atoms with Crippen molar-refractivity contribution < 1.29 is 4.52 Å². The topological polar surface area (TPSA) is 54.2 Å².